The Hall–Kier alpha value is -2.34. The predicted octanol–water partition coefficient (Wildman–Crippen LogP) is 5.08. The smallest absolute Gasteiger partial charge is 0.00818 e. The Labute approximate surface area is 113 Å². The lowest BCUT2D eigenvalue weighted by atomic mass is 9.92. The molecule has 3 aromatic carbocycles. The number of fused-ring (bicyclic) bond motifs is 5. The van der Waals surface area contributed by atoms with E-state index < -0.39 is 0 Å². The van der Waals surface area contributed by atoms with Gasteiger partial charge in [-0.25, -0.2) is 0 Å². The van der Waals surface area contributed by atoms with E-state index in [1.807, 2.05) is 0 Å². The number of benzene rings is 3. The lowest BCUT2D eigenvalue weighted by molar-refractivity contribution is 1.32. The van der Waals surface area contributed by atoms with Crippen LogP contribution >= 0.6 is 0 Å². The molecule has 0 nitrogen and oxygen atoms in total. The van der Waals surface area contributed by atoms with E-state index in [-0.39, 0.29) is 0 Å². The van der Waals surface area contributed by atoms with Crippen LogP contribution in [0.15, 0.2) is 66.7 Å². The van der Waals surface area contributed by atoms with E-state index >= 15 is 0 Å². The van der Waals surface area contributed by atoms with Gasteiger partial charge in [-0.3, -0.25) is 0 Å². The van der Waals surface area contributed by atoms with Crippen molar-refractivity contribution >= 4 is 16.8 Å². The molecule has 0 bridgehead atoms. The summed E-state index contributed by atoms with van der Waals surface area (Å²) < 4.78 is 0. The quantitative estimate of drug-likeness (QED) is 0.516. The highest BCUT2D eigenvalue weighted by Gasteiger charge is 2.12. The molecule has 19 heavy (non-hydrogen) atoms. The van der Waals surface area contributed by atoms with Gasteiger partial charge in [0.05, 0.1) is 0 Å². The highest BCUT2D eigenvalue weighted by atomic mass is 14.2. The van der Waals surface area contributed by atoms with E-state index in [1.165, 1.54) is 33.0 Å². The van der Waals surface area contributed by atoms with E-state index in [4.69, 9.17) is 0 Å². The first kappa shape index (κ1) is 10.6. The van der Waals surface area contributed by atoms with Crippen LogP contribution in [0.4, 0.5) is 0 Å². The van der Waals surface area contributed by atoms with Crippen molar-refractivity contribution in [3.05, 3.63) is 77.9 Å². The molecular weight excluding hydrogens is 228 g/mol. The fourth-order valence-corrected chi connectivity index (χ4v) is 3.00. The van der Waals surface area contributed by atoms with Gasteiger partial charge in [-0.2, -0.15) is 0 Å². The third kappa shape index (κ3) is 1.61. The summed E-state index contributed by atoms with van der Waals surface area (Å²) in [5.41, 5.74) is 5.48. The van der Waals surface area contributed by atoms with Crippen molar-refractivity contribution in [1.29, 1.82) is 0 Å². The Morgan fingerprint density at radius 3 is 2.53 bits per heavy atom. The third-order valence-corrected chi connectivity index (χ3v) is 3.91. The largest absolute Gasteiger partial charge is 0.0795 e. The standard InChI is InChI=1S/C19H14/c1-3-9-16-14(6-1)8-5-11-18-17-10-4-2-7-15(17)12-13-19(16)18/h1-10,12-13H,11H2. The first-order valence-electron chi connectivity index (χ1n) is 6.70. The molecule has 0 amide bonds. The van der Waals surface area contributed by atoms with E-state index in [0.717, 1.165) is 6.42 Å². The van der Waals surface area contributed by atoms with Crippen LogP contribution in [0, 0.1) is 0 Å². The molecule has 0 spiro atoms. The van der Waals surface area contributed by atoms with Crippen molar-refractivity contribution in [1.82, 2.24) is 0 Å². The summed E-state index contributed by atoms with van der Waals surface area (Å²) in [6.07, 6.45) is 5.52. The number of hydrogen-bond acceptors (Lipinski definition) is 0. The zero-order valence-corrected chi connectivity index (χ0v) is 10.6. The van der Waals surface area contributed by atoms with Crippen LogP contribution in [0.25, 0.3) is 28.0 Å². The molecule has 0 fully saturated rings. The van der Waals surface area contributed by atoms with Crippen molar-refractivity contribution in [3.8, 4) is 11.1 Å². The van der Waals surface area contributed by atoms with Crippen LogP contribution in [0.5, 0.6) is 0 Å². The minimum Gasteiger partial charge on any atom is -0.0795 e. The first-order chi connectivity index (χ1) is 9.43. The van der Waals surface area contributed by atoms with E-state index in [0.29, 0.717) is 0 Å². The van der Waals surface area contributed by atoms with Crippen molar-refractivity contribution < 1.29 is 0 Å². The highest BCUT2D eigenvalue weighted by Crippen LogP contribution is 2.35. The van der Waals surface area contributed by atoms with Crippen LogP contribution in [0.2, 0.25) is 0 Å². The fraction of sp³-hybridized carbons (Fsp3) is 0.0526. The second kappa shape index (κ2) is 4.10. The Morgan fingerprint density at radius 2 is 1.53 bits per heavy atom. The molecule has 1 aliphatic carbocycles. The molecule has 0 radical (unpaired) electrons. The van der Waals surface area contributed by atoms with Gasteiger partial charge in [0.15, 0.2) is 0 Å². The molecule has 0 heterocycles. The Bertz CT molecular complexity index is 794. The lowest BCUT2D eigenvalue weighted by Crippen LogP contribution is -1.90. The molecule has 0 unspecified atom stereocenters. The zero-order valence-electron chi connectivity index (χ0n) is 10.6. The highest BCUT2D eigenvalue weighted by molar-refractivity contribution is 5.94. The molecule has 4 rings (SSSR count). The minimum atomic E-state index is 1.01. The zero-order chi connectivity index (χ0) is 12.7. The topological polar surface area (TPSA) is 0 Å². The average Bonchev–Trinajstić information content (AvgIpc) is 2.66. The summed E-state index contributed by atoms with van der Waals surface area (Å²) in [4.78, 5) is 0. The van der Waals surface area contributed by atoms with Gasteiger partial charge in [-0.05, 0) is 39.4 Å². The van der Waals surface area contributed by atoms with Gasteiger partial charge < -0.3 is 0 Å². The second-order valence-electron chi connectivity index (χ2n) is 5.01. The Balaban J connectivity index is 2.12. The van der Waals surface area contributed by atoms with Crippen LogP contribution in [0.1, 0.15) is 11.1 Å². The van der Waals surface area contributed by atoms with Gasteiger partial charge in [0, 0.05) is 0 Å². The molecule has 0 saturated heterocycles. The van der Waals surface area contributed by atoms with Gasteiger partial charge in [-0.1, -0.05) is 72.8 Å². The Kier molecular flexibility index (Phi) is 2.28. The van der Waals surface area contributed by atoms with Gasteiger partial charge in [0.1, 0.15) is 0 Å². The van der Waals surface area contributed by atoms with Crippen molar-refractivity contribution in [3.63, 3.8) is 0 Å². The lowest BCUT2D eigenvalue weighted by Gasteiger charge is -2.12. The summed E-state index contributed by atoms with van der Waals surface area (Å²) >= 11 is 0. The predicted molar refractivity (Wildman–Crippen MR) is 82.1 cm³/mol. The molecule has 0 N–H and O–H groups in total. The van der Waals surface area contributed by atoms with Crippen LogP contribution < -0.4 is 0 Å². The van der Waals surface area contributed by atoms with Crippen molar-refractivity contribution in [2.45, 2.75) is 6.42 Å². The van der Waals surface area contributed by atoms with E-state index in [9.17, 15) is 0 Å². The molecule has 90 valence electrons. The summed E-state index contributed by atoms with van der Waals surface area (Å²) in [7, 11) is 0. The maximum Gasteiger partial charge on any atom is -0.00818 e. The van der Waals surface area contributed by atoms with Crippen LogP contribution in [-0.4, -0.2) is 0 Å². The maximum absolute atomic E-state index is 2.27. The number of allylic oxidation sites excluding steroid dienone is 1. The molecule has 0 heteroatoms. The first-order valence-corrected chi connectivity index (χ1v) is 6.70. The summed E-state index contributed by atoms with van der Waals surface area (Å²) in [6.45, 7) is 0. The van der Waals surface area contributed by atoms with Gasteiger partial charge in [0.25, 0.3) is 0 Å². The molecular formula is C19H14. The van der Waals surface area contributed by atoms with Crippen LogP contribution in [-0.2, 0) is 6.42 Å². The molecule has 0 aliphatic heterocycles. The van der Waals surface area contributed by atoms with Gasteiger partial charge >= 0.3 is 0 Å². The van der Waals surface area contributed by atoms with Gasteiger partial charge in [-0.15, -0.1) is 0 Å². The molecule has 0 saturated carbocycles. The van der Waals surface area contributed by atoms with Gasteiger partial charge in [0.2, 0.25) is 0 Å². The molecule has 1 aliphatic rings. The molecule has 0 atom stereocenters. The summed E-state index contributed by atoms with van der Waals surface area (Å²) in [5.74, 6) is 0. The molecule has 3 aromatic rings. The van der Waals surface area contributed by atoms with Crippen LogP contribution in [0.3, 0.4) is 0 Å². The number of hydrogen-bond donors (Lipinski definition) is 0. The van der Waals surface area contributed by atoms with Crippen molar-refractivity contribution in [2.24, 2.45) is 0 Å². The summed E-state index contributed by atoms with van der Waals surface area (Å²) in [5, 5.41) is 2.70. The number of rotatable bonds is 0. The maximum atomic E-state index is 2.27. The fourth-order valence-electron chi connectivity index (χ4n) is 3.00. The Morgan fingerprint density at radius 1 is 0.684 bits per heavy atom. The monoisotopic (exact) mass is 242 g/mol. The summed E-state index contributed by atoms with van der Waals surface area (Å²) in [6, 6.07) is 21.8. The average molecular weight is 242 g/mol. The SMILES string of the molecule is C1=Cc2ccccc2-c2ccc3ccccc3c2C1. The third-order valence-electron chi connectivity index (χ3n) is 3.91. The van der Waals surface area contributed by atoms with E-state index in [1.54, 1.807) is 0 Å². The minimum absolute atomic E-state index is 1.01. The molecule has 0 aromatic heterocycles. The second-order valence-corrected chi connectivity index (χ2v) is 5.01. The normalized spacial score (nSPS) is 12.8. The van der Waals surface area contributed by atoms with E-state index in [2.05, 4.69) is 72.8 Å². The van der Waals surface area contributed by atoms with Crippen molar-refractivity contribution in [2.75, 3.05) is 0 Å².